The molecule has 0 saturated carbocycles. The highest BCUT2D eigenvalue weighted by atomic mass is 16.6. The SMILES string of the molecule is CC(C)(C)c1cc(N)n(-c2cc([N+](=O)[O-])ccn2)n1. The number of nitro groups is 1. The summed E-state index contributed by atoms with van der Waals surface area (Å²) in [6, 6.07) is 4.42. The zero-order valence-electron chi connectivity index (χ0n) is 11.0. The Bertz CT molecular complexity index is 627. The summed E-state index contributed by atoms with van der Waals surface area (Å²) in [6.45, 7) is 6.04. The van der Waals surface area contributed by atoms with Crippen LogP contribution in [-0.4, -0.2) is 19.7 Å². The van der Waals surface area contributed by atoms with Gasteiger partial charge in [0.15, 0.2) is 5.82 Å². The van der Waals surface area contributed by atoms with Crippen LogP contribution in [-0.2, 0) is 5.41 Å². The summed E-state index contributed by atoms with van der Waals surface area (Å²) in [5.41, 5.74) is 6.49. The number of hydrogen-bond donors (Lipinski definition) is 1. The summed E-state index contributed by atoms with van der Waals surface area (Å²) in [5.74, 6) is 0.736. The summed E-state index contributed by atoms with van der Waals surface area (Å²) in [6.07, 6.45) is 1.37. The highest BCUT2D eigenvalue weighted by Crippen LogP contribution is 2.24. The molecule has 0 aliphatic heterocycles. The second kappa shape index (κ2) is 4.34. The van der Waals surface area contributed by atoms with Crippen molar-refractivity contribution in [1.29, 1.82) is 0 Å². The minimum atomic E-state index is -0.477. The van der Waals surface area contributed by atoms with Crippen molar-refractivity contribution < 1.29 is 4.92 Å². The second-order valence-electron chi connectivity index (χ2n) is 5.25. The normalized spacial score (nSPS) is 11.5. The van der Waals surface area contributed by atoms with E-state index in [1.807, 2.05) is 20.8 Å². The Hall–Kier alpha value is -2.44. The zero-order chi connectivity index (χ0) is 14.2. The number of pyridine rings is 1. The molecule has 0 fully saturated rings. The van der Waals surface area contributed by atoms with Crippen LogP contribution in [0.3, 0.4) is 0 Å². The first kappa shape index (κ1) is 13.0. The number of nitrogens with two attached hydrogens (primary N) is 1. The van der Waals surface area contributed by atoms with Crippen LogP contribution in [0.5, 0.6) is 0 Å². The standard InChI is InChI=1S/C12H15N5O2/c1-12(2,3)9-7-10(13)16(15-9)11-6-8(17(18)19)4-5-14-11/h4-7H,13H2,1-3H3. The van der Waals surface area contributed by atoms with E-state index in [1.54, 1.807) is 6.07 Å². The lowest BCUT2D eigenvalue weighted by atomic mass is 9.92. The number of hydrogen-bond acceptors (Lipinski definition) is 5. The third kappa shape index (κ3) is 2.54. The first-order valence-electron chi connectivity index (χ1n) is 5.76. The van der Waals surface area contributed by atoms with Crippen molar-refractivity contribution in [1.82, 2.24) is 14.8 Å². The average molecular weight is 261 g/mol. The number of rotatable bonds is 2. The number of anilines is 1. The Kier molecular flexibility index (Phi) is 2.97. The van der Waals surface area contributed by atoms with Crippen LogP contribution in [0, 0.1) is 10.1 Å². The molecule has 2 aromatic heterocycles. The summed E-state index contributed by atoms with van der Waals surface area (Å²) in [7, 11) is 0. The van der Waals surface area contributed by atoms with Gasteiger partial charge in [-0.15, -0.1) is 0 Å². The molecule has 0 bridgehead atoms. The molecule has 2 aromatic rings. The van der Waals surface area contributed by atoms with Gasteiger partial charge in [-0.05, 0) is 0 Å². The molecule has 19 heavy (non-hydrogen) atoms. The lowest BCUT2D eigenvalue weighted by Gasteiger charge is -2.13. The van der Waals surface area contributed by atoms with Gasteiger partial charge in [0.25, 0.3) is 5.69 Å². The molecule has 0 spiro atoms. The molecule has 0 aliphatic carbocycles. The Morgan fingerprint density at radius 2 is 2.05 bits per heavy atom. The van der Waals surface area contributed by atoms with Crippen molar-refractivity contribution in [3.63, 3.8) is 0 Å². The topological polar surface area (TPSA) is 99.9 Å². The Balaban J connectivity index is 2.50. The minimum Gasteiger partial charge on any atom is -0.384 e. The molecule has 7 nitrogen and oxygen atoms in total. The molecular weight excluding hydrogens is 246 g/mol. The van der Waals surface area contributed by atoms with Crippen LogP contribution in [0.4, 0.5) is 11.5 Å². The molecule has 2 heterocycles. The Morgan fingerprint density at radius 3 is 2.58 bits per heavy atom. The van der Waals surface area contributed by atoms with Gasteiger partial charge in [0.1, 0.15) is 5.82 Å². The van der Waals surface area contributed by atoms with Crippen LogP contribution in [0.25, 0.3) is 5.82 Å². The van der Waals surface area contributed by atoms with E-state index in [9.17, 15) is 10.1 Å². The maximum Gasteiger partial charge on any atom is 0.274 e. The molecule has 0 saturated heterocycles. The van der Waals surface area contributed by atoms with Crippen LogP contribution in [0.15, 0.2) is 24.4 Å². The first-order valence-corrected chi connectivity index (χ1v) is 5.76. The Morgan fingerprint density at radius 1 is 1.37 bits per heavy atom. The van der Waals surface area contributed by atoms with E-state index in [4.69, 9.17) is 5.73 Å². The largest absolute Gasteiger partial charge is 0.384 e. The van der Waals surface area contributed by atoms with Crippen LogP contribution >= 0.6 is 0 Å². The third-order valence-electron chi connectivity index (χ3n) is 2.66. The fourth-order valence-corrected chi connectivity index (χ4v) is 1.58. The third-order valence-corrected chi connectivity index (χ3v) is 2.66. The predicted octanol–water partition coefficient (Wildman–Crippen LogP) is 2.06. The van der Waals surface area contributed by atoms with Gasteiger partial charge in [0.2, 0.25) is 0 Å². The van der Waals surface area contributed by atoms with Crippen LogP contribution in [0.1, 0.15) is 26.5 Å². The molecule has 0 aromatic carbocycles. The quantitative estimate of drug-likeness (QED) is 0.658. The predicted molar refractivity (Wildman–Crippen MR) is 71.1 cm³/mol. The van der Waals surface area contributed by atoms with E-state index in [-0.39, 0.29) is 11.1 Å². The highest BCUT2D eigenvalue weighted by Gasteiger charge is 2.20. The van der Waals surface area contributed by atoms with E-state index in [2.05, 4.69) is 10.1 Å². The maximum absolute atomic E-state index is 10.8. The van der Waals surface area contributed by atoms with E-state index >= 15 is 0 Å². The fraction of sp³-hybridized carbons (Fsp3) is 0.333. The lowest BCUT2D eigenvalue weighted by Crippen LogP contribution is -2.13. The van der Waals surface area contributed by atoms with E-state index < -0.39 is 4.92 Å². The number of nitrogen functional groups attached to an aromatic ring is 1. The summed E-state index contributed by atoms with van der Waals surface area (Å²) >= 11 is 0. The van der Waals surface area contributed by atoms with Crippen molar-refractivity contribution in [3.05, 3.63) is 40.2 Å². The molecule has 0 aliphatic rings. The lowest BCUT2D eigenvalue weighted by molar-refractivity contribution is -0.384. The van der Waals surface area contributed by atoms with Crippen molar-refractivity contribution >= 4 is 11.5 Å². The van der Waals surface area contributed by atoms with Crippen LogP contribution in [0.2, 0.25) is 0 Å². The van der Waals surface area contributed by atoms with Gasteiger partial charge in [-0.2, -0.15) is 9.78 Å². The van der Waals surface area contributed by atoms with Crippen LogP contribution < -0.4 is 5.73 Å². The Labute approximate surface area is 110 Å². The van der Waals surface area contributed by atoms with Gasteiger partial charge in [-0.25, -0.2) is 4.98 Å². The van der Waals surface area contributed by atoms with Gasteiger partial charge >= 0.3 is 0 Å². The van der Waals surface area contributed by atoms with E-state index in [0.29, 0.717) is 11.6 Å². The average Bonchev–Trinajstić information content (AvgIpc) is 2.71. The molecule has 0 atom stereocenters. The van der Waals surface area contributed by atoms with Crippen molar-refractivity contribution in [3.8, 4) is 5.82 Å². The summed E-state index contributed by atoms with van der Waals surface area (Å²) in [4.78, 5) is 14.3. The first-order chi connectivity index (χ1) is 8.79. The number of aromatic nitrogens is 3. The molecule has 2 rings (SSSR count). The minimum absolute atomic E-state index is 0.0443. The van der Waals surface area contributed by atoms with Gasteiger partial charge in [-0.3, -0.25) is 10.1 Å². The monoisotopic (exact) mass is 261 g/mol. The molecule has 7 heteroatoms. The molecule has 0 amide bonds. The van der Waals surface area contributed by atoms with Crippen molar-refractivity contribution in [2.75, 3.05) is 5.73 Å². The highest BCUT2D eigenvalue weighted by molar-refractivity contribution is 5.44. The van der Waals surface area contributed by atoms with Gasteiger partial charge in [-0.1, -0.05) is 20.8 Å². The maximum atomic E-state index is 10.8. The molecule has 0 unspecified atom stereocenters. The molecule has 0 radical (unpaired) electrons. The van der Waals surface area contributed by atoms with Gasteiger partial charge in [0.05, 0.1) is 16.7 Å². The van der Waals surface area contributed by atoms with Crippen molar-refractivity contribution in [2.24, 2.45) is 0 Å². The smallest absolute Gasteiger partial charge is 0.274 e. The fourth-order valence-electron chi connectivity index (χ4n) is 1.58. The number of nitrogens with zero attached hydrogens (tertiary/aromatic N) is 4. The zero-order valence-corrected chi connectivity index (χ0v) is 11.0. The van der Waals surface area contributed by atoms with Crippen molar-refractivity contribution in [2.45, 2.75) is 26.2 Å². The molecular formula is C12H15N5O2. The summed E-state index contributed by atoms with van der Waals surface area (Å²) in [5, 5.41) is 15.1. The molecule has 2 N–H and O–H groups in total. The van der Waals surface area contributed by atoms with Gasteiger partial charge in [0, 0.05) is 23.7 Å². The second-order valence-corrected chi connectivity index (χ2v) is 5.25. The van der Waals surface area contributed by atoms with Gasteiger partial charge < -0.3 is 5.73 Å². The summed E-state index contributed by atoms with van der Waals surface area (Å²) < 4.78 is 1.41. The van der Waals surface area contributed by atoms with E-state index in [0.717, 1.165) is 5.69 Å². The molecule has 100 valence electrons. The van der Waals surface area contributed by atoms with E-state index in [1.165, 1.54) is 23.0 Å².